The van der Waals surface area contributed by atoms with E-state index in [-0.39, 0.29) is 41.5 Å². The molecule has 0 bridgehead atoms. The van der Waals surface area contributed by atoms with Crippen molar-refractivity contribution in [3.63, 3.8) is 0 Å². The molecule has 15 heteroatoms. The predicted molar refractivity (Wildman–Crippen MR) is 116 cm³/mol. The number of hydrogen-bond acceptors (Lipinski definition) is 7. The number of aromatic amines is 1. The number of H-pyrrole nitrogens is 1. The molecule has 4 rings (SSSR count). The number of nitrogens with zero attached hydrogens (tertiary/aromatic N) is 4. The van der Waals surface area contributed by atoms with Crippen molar-refractivity contribution in [3.05, 3.63) is 34.9 Å². The molecule has 0 saturated heterocycles. The van der Waals surface area contributed by atoms with E-state index in [9.17, 15) is 22.4 Å². The molecule has 0 unspecified atom stereocenters. The molecule has 0 radical (unpaired) electrons. The van der Waals surface area contributed by atoms with Crippen molar-refractivity contribution in [2.75, 3.05) is 5.32 Å². The summed E-state index contributed by atoms with van der Waals surface area (Å²) in [7, 11) is 0. The SMILES string of the molecule is CC(C)NC(=O)O[C@H]1C[C@@H](c2cc(Nc3nc(Cl)cn4nc(COC(F)(F)F)cc34)n[nH]2)C[C@H]1F. The number of hydrogen-bond donors (Lipinski definition) is 3. The zero-order valence-electron chi connectivity index (χ0n) is 18.6. The van der Waals surface area contributed by atoms with Gasteiger partial charge in [0.1, 0.15) is 29.6 Å². The highest BCUT2D eigenvalue weighted by atomic mass is 35.5. The molecule has 1 fully saturated rings. The predicted octanol–water partition coefficient (Wildman–Crippen LogP) is 4.60. The third kappa shape index (κ3) is 6.31. The van der Waals surface area contributed by atoms with Crippen molar-refractivity contribution in [2.45, 2.75) is 63.9 Å². The number of alkyl halides is 4. The molecule has 0 aromatic carbocycles. The first-order chi connectivity index (χ1) is 16.5. The summed E-state index contributed by atoms with van der Waals surface area (Å²) in [6.07, 6.45) is -5.90. The molecule has 0 spiro atoms. The Hall–Kier alpha value is -3.13. The van der Waals surface area contributed by atoms with Crippen LogP contribution in [-0.2, 0) is 16.1 Å². The van der Waals surface area contributed by atoms with Crippen LogP contribution in [0.1, 0.15) is 44.0 Å². The van der Waals surface area contributed by atoms with Gasteiger partial charge in [-0.05, 0) is 32.8 Å². The van der Waals surface area contributed by atoms with Gasteiger partial charge in [0.2, 0.25) is 0 Å². The van der Waals surface area contributed by atoms with E-state index in [1.165, 1.54) is 16.8 Å². The number of aromatic nitrogens is 5. The third-order valence-corrected chi connectivity index (χ3v) is 5.42. The van der Waals surface area contributed by atoms with E-state index in [1.807, 2.05) is 0 Å². The molecule has 10 nitrogen and oxygen atoms in total. The van der Waals surface area contributed by atoms with E-state index < -0.39 is 31.3 Å². The van der Waals surface area contributed by atoms with Gasteiger partial charge < -0.3 is 15.4 Å². The fraction of sp³-hybridized carbons (Fsp3) is 0.500. The molecule has 1 aliphatic rings. The van der Waals surface area contributed by atoms with Crippen molar-refractivity contribution in [3.8, 4) is 0 Å². The second-order valence-corrected chi connectivity index (χ2v) is 8.76. The lowest BCUT2D eigenvalue weighted by atomic mass is 10.0. The summed E-state index contributed by atoms with van der Waals surface area (Å²) in [5, 5.41) is 16.6. The number of anilines is 2. The number of amides is 1. The van der Waals surface area contributed by atoms with Gasteiger partial charge in [0, 0.05) is 23.7 Å². The largest absolute Gasteiger partial charge is 0.522 e. The van der Waals surface area contributed by atoms with Gasteiger partial charge in [-0.15, -0.1) is 13.2 Å². The average Bonchev–Trinajstić information content (AvgIpc) is 3.44. The molecule has 3 atom stereocenters. The highest BCUT2D eigenvalue weighted by Crippen LogP contribution is 2.38. The smallest absolute Gasteiger partial charge is 0.443 e. The Balaban J connectivity index is 1.45. The zero-order valence-corrected chi connectivity index (χ0v) is 19.3. The van der Waals surface area contributed by atoms with Crippen LogP contribution in [-0.4, -0.2) is 55.6 Å². The molecule has 0 aliphatic heterocycles. The first kappa shape index (κ1) is 25.0. The van der Waals surface area contributed by atoms with Crippen LogP contribution >= 0.6 is 11.6 Å². The topological polar surface area (TPSA) is 118 Å². The summed E-state index contributed by atoms with van der Waals surface area (Å²) in [5.74, 6) is 0.254. The molecule has 1 saturated carbocycles. The number of rotatable bonds is 7. The summed E-state index contributed by atoms with van der Waals surface area (Å²) in [5.41, 5.74) is 0.982. The fourth-order valence-electron chi connectivity index (χ4n) is 3.79. The van der Waals surface area contributed by atoms with E-state index in [2.05, 4.69) is 35.7 Å². The van der Waals surface area contributed by atoms with Crippen molar-refractivity contribution < 1.29 is 31.8 Å². The molecular formula is C20H22ClF4N7O3. The molecule has 1 aliphatic carbocycles. The summed E-state index contributed by atoms with van der Waals surface area (Å²) in [6.45, 7) is 2.77. The Morgan fingerprint density at radius 3 is 2.83 bits per heavy atom. The average molecular weight is 520 g/mol. The molecule has 190 valence electrons. The number of ether oxygens (including phenoxy) is 2. The number of carbonyl (C=O) groups excluding carboxylic acids is 1. The molecule has 3 N–H and O–H groups in total. The normalized spacial score (nSPS) is 20.5. The number of fused-ring (bicyclic) bond motifs is 1. The maximum absolute atomic E-state index is 14.5. The van der Waals surface area contributed by atoms with E-state index >= 15 is 0 Å². The van der Waals surface area contributed by atoms with Crippen LogP contribution in [0, 0.1) is 0 Å². The molecular weight excluding hydrogens is 498 g/mol. The minimum absolute atomic E-state index is 0.0182. The van der Waals surface area contributed by atoms with Gasteiger partial charge in [-0.1, -0.05) is 11.6 Å². The third-order valence-electron chi connectivity index (χ3n) is 5.24. The summed E-state index contributed by atoms with van der Waals surface area (Å²) in [4.78, 5) is 16.0. The highest BCUT2D eigenvalue weighted by molar-refractivity contribution is 6.29. The van der Waals surface area contributed by atoms with Crippen molar-refractivity contribution in [1.29, 1.82) is 0 Å². The monoisotopic (exact) mass is 519 g/mol. The maximum atomic E-state index is 14.5. The Bertz CT molecular complexity index is 1200. The molecule has 3 heterocycles. The van der Waals surface area contributed by atoms with Gasteiger partial charge in [-0.25, -0.2) is 18.7 Å². The first-order valence-electron chi connectivity index (χ1n) is 10.7. The molecule has 3 aromatic rings. The highest BCUT2D eigenvalue weighted by Gasteiger charge is 2.39. The maximum Gasteiger partial charge on any atom is 0.522 e. The summed E-state index contributed by atoms with van der Waals surface area (Å²) < 4.78 is 61.8. The van der Waals surface area contributed by atoms with Crippen molar-refractivity contribution >= 4 is 34.8 Å². The van der Waals surface area contributed by atoms with Crippen molar-refractivity contribution in [2.24, 2.45) is 0 Å². The number of alkyl carbamates (subject to hydrolysis) is 1. The standard InChI is InChI=1S/C20H22ClF4N7O3/c1-9(2)26-19(33)35-15-4-10(3-12(15)22)13-6-17(30-29-13)28-18-14-5-11(8-34-20(23,24)25)31-32(14)7-16(21)27-18/h5-7,9-10,12,15H,3-4,8H2,1-2H3,(H,26,33)(H2,27,28,29,30)/t10-,12+,15-/m0/s1. The zero-order chi connectivity index (χ0) is 25.3. The molecule has 3 aromatic heterocycles. The fourth-order valence-corrected chi connectivity index (χ4v) is 3.97. The van der Waals surface area contributed by atoms with Crippen LogP contribution in [0.5, 0.6) is 0 Å². The number of carbonyl (C=O) groups is 1. The Morgan fingerprint density at radius 1 is 1.34 bits per heavy atom. The summed E-state index contributed by atoms with van der Waals surface area (Å²) >= 11 is 6.02. The van der Waals surface area contributed by atoms with Crippen molar-refractivity contribution in [1.82, 2.24) is 30.1 Å². The van der Waals surface area contributed by atoms with Gasteiger partial charge in [0.25, 0.3) is 0 Å². The number of nitrogens with one attached hydrogen (secondary N) is 3. The van der Waals surface area contributed by atoms with Crippen LogP contribution in [0.15, 0.2) is 18.3 Å². The Labute approximate surface area is 201 Å². The van der Waals surface area contributed by atoms with Gasteiger partial charge in [-0.2, -0.15) is 10.2 Å². The van der Waals surface area contributed by atoms with E-state index in [0.717, 1.165) is 0 Å². The second-order valence-electron chi connectivity index (χ2n) is 8.37. The van der Waals surface area contributed by atoms with Crippen LogP contribution in [0.3, 0.4) is 0 Å². The van der Waals surface area contributed by atoms with E-state index in [4.69, 9.17) is 16.3 Å². The Morgan fingerprint density at radius 2 is 2.11 bits per heavy atom. The van der Waals surface area contributed by atoms with Gasteiger partial charge in [-0.3, -0.25) is 9.84 Å². The van der Waals surface area contributed by atoms with Crippen LogP contribution in [0.4, 0.5) is 34.0 Å². The van der Waals surface area contributed by atoms with E-state index in [0.29, 0.717) is 17.0 Å². The van der Waals surface area contributed by atoms with Crippen LogP contribution in [0.25, 0.3) is 5.52 Å². The number of halogens is 5. The molecule has 35 heavy (non-hydrogen) atoms. The van der Waals surface area contributed by atoms with Gasteiger partial charge in [0.05, 0.1) is 11.9 Å². The van der Waals surface area contributed by atoms with Crippen LogP contribution < -0.4 is 10.6 Å². The summed E-state index contributed by atoms with van der Waals surface area (Å²) in [6, 6.07) is 2.89. The van der Waals surface area contributed by atoms with Gasteiger partial charge >= 0.3 is 12.5 Å². The minimum atomic E-state index is -4.79. The lowest BCUT2D eigenvalue weighted by Crippen LogP contribution is -2.35. The lowest BCUT2D eigenvalue weighted by molar-refractivity contribution is -0.330. The van der Waals surface area contributed by atoms with Gasteiger partial charge in [0.15, 0.2) is 11.6 Å². The van der Waals surface area contributed by atoms with E-state index in [1.54, 1.807) is 19.9 Å². The Kier molecular flexibility index (Phi) is 7.03. The van der Waals surface area contributed by atoms with Crippen LogP contribution in [0.2, 0.25) is 5.15 Å². The molecule has 1 amide bonds. The quantitative estimate of drug-likeness (QED) is 0.390. The minimum Gasteiger partial charge on any atom is -0.443 e. The second kappa shape index (κ2) is 9.85. The lowest BCUT2D eigenvalue weighted by Gasteiger charge is -2.16. The first-order valence-corrected chi connectivity index (χ1v) is 11.0.